The Hall–Kier alpha value is -2.19. The van der Waals surface area contributed by atoms with Crippen LogP contribution in [-0.4, -0.2) is 35.9 Å². The summed E-state index contributed by atoms with van der Waals surface area (Å²) in [5, 5.41) is 9.38. The van der Waals surface area contributed by atoms with Crippen molar-refractivity contribution in [1.29, 1.82) is 0 Å². The van der Waals surface area contributed by atoms with E-state index in [-0.39, 0.29) is 17.3 Å². The predicted octanol–water partition coefficient (Wildman–Crippen LogP) is 1.85. The molecule has 0 fully saturated rings. The molecule has 3 rings (SSSR count). The van der Waals surface area contributed by atoms with E-state index in [4.69, 9.17) is 0 Å². The number of amides is 1. The second kappa shape index (κ2) is 5.71. The number of sulfonamides is 1. The zero-order valence-corrected chi connectivity index (χ0v) is 14.6. The van der Waals surface area contributed by atoms with Gasteiger partial charge in [-0.1, -0.05) is 13.8 Å². The first-order chi connectivity index (χ1) is 11.2. The van der Waals surface area contributed by atoms with E-state index in [2.05, 4.69) is 15.5 Å². The average molecular weight is 348 g/mol. The lowest BCUT2D eigenvalue weighted by molar-refractivity contribution is -0.117. The van der Waals surface area contributed by atoms with Gasteiger partial charge in [0.2, 0.25) is 15.9 Å². The maximum Gasteiger partial charge on any atom is 0.243 e. The molecule has 0 aliphatic carbocycles. The van der Waals surface area contributed by atoms with Gasteiger partial charge in [0, 0.05) is 30.8 Å². The summed E-state index contributed by atoms with van der Waals surface area (Å²) < 4.78 is 26.9. The second-order valence-corrected chi connectivity index (χ2v) is 8.70. The van der Waals surface area contributed by atoms with Crippen LogP contribution in [0.2, 0.25) is 0 Å². The molecule has 7 nitrogen and oxygen atoms in total. The Morgan fingerprint density at radius 1 is 1.29 bits per heavy atom. The van der Waals surface area contributed by atoms with Crippen LogP contribution in [0.25, 0.3) is 0 Å². The topological polar surface area (TPSA) is 95.2 Å². The summed E-state index contributed by atoms with van der Waals surface area (Å²) in [6.45, 7) is 4.09. The summed E-state index contributed by atoms with van der Waals surface area (Å²) in [6, 6.07) is 6.58. The van der Waals surface area contributed by atoms with Crippen molar-refractivity contribution in [3.63, 3.8) is 0 Å². The molecule has 1 amide bonds. The zero-order valence-electron chi connectivity index (χ0n) is 13.8. The van der Waals surface area contributed by atoms with Crippen molar-refractivity contribution in [3.8, 4) is 0 Å². The van der Waals surface area contributed by atoms with Crippen LogP contribution in [0.4, 0.5) is 5.69 Å². The molecule has 24 heavy (non-hydrogen) atoms. The Morgan fingerprint density at radius 3 is 2.71 bits per heavy atom. The van der Waals surface area contributed by atoms with Gasteiger partial charge >= 0.3 is 0 Å². The van der Waals surface area contributed by atoms with Crippen LogP contribution < -0.4 is 5.32 Å². The van der Waals surface area contributed by atoms with E-state index in [1.165, 1.54) is 17.4 Å². The Bertz CT molecular complexity index is 873. The van der Waals surface area contributed by atoms with Crippen molar-refractivity contribution in [2.24, 2.45) is 0 Å². The molecule has 1 aliphatic heterocycles. The predicted molar refractivity (Wildman–Crippen MR) is 90.0 cm³/mol. The largest absolute Gasteiger partial charge is 0.326 e. The summed E-state index contributed by atoms with van der Waals surface area (Å²) >= 11 is 0. The van der Waals surface area contributed by atoms with Crippen molar-refractivity contribution < 1.29 is 13.2 Å². The van der Waals surface area contributed by atoms with Crippen molar-refractivity contribution in [2.75, 3.05) is 12.4 Å². The standard InChI is InChI=1S/C16H20N4O3S/c1-16(2)9-15(21)18-14-5-4-12(8-13(14)16)24(22,23)20(3)10-11-6-7-17-19-11/h4-8H,9-10H2,1-3H3,(H,17,19)(H,18,21). The van der Waals surface area contributed by atoms with Crippen molar-refractivity contribution in [3.05, 3.63) is 41.7 Å². The Morgan fingerprint density at radius 2 is 2.04 bits per heavy atom. The molecule has 0 saturated heterocycles. The maximum absolute atomic E-state index is 12.8. The molecule has 0 unspecified atom stereocenters. The van der Waals surface area contributed by atoms with Gasteiger partial charge in [-0.2, -0.15) is 9.40 Å². The highest BCUT2D eigenvalue weighted by atomic mass is 32.2. The first kappa shape index (κ1) is 16.7. The van der Waals surface area contributed by atoms with E-state index in [0.29, 0.717) is 17.8 Å². The molecular formula is C16H20N4O3S. The zero-order chi connectivity index (χ0) is 17.5. The van der Waals surface area contributed by atoms with Gasteiger partial charge in [-0.3, -0.25) is 9.89 Å². The van der Waals surface area contributed by atoms with Crippen molar-refractivity contribution in [2.45, 2.75) is 37.1 Å². The summed E-state index contributed by atoms with van der Waals surface area (Å²) in [5.74, 6) is -0.0560. The molecule has 0 atom stereocenters. The van der Waals surface area contributed by atoms with E-state index in [1.54, 1.807) is 24.4 Å². The molecular weight excluding hydrogens is 328 g/mol. The number of carbonyl (C=O) groups is 1. The Balaban J connectivity index is 1.96. The second-order valence-electron chi connectivity index (χ2n) is 6.66. The molecule has 2 aromatic rings. The van der Waals surface area contributed by atoms with E-state index in [0.717, 1.165) is 5.56 Å². The third-order valence-corrected chi connectivity index (χ3v) is 6.06. The van der Waals surface area contributed by atoms with Gasteiger partial charge in [-0.25, -0.2) is 8.42 Å². The minimum absolute atomic E-state index is 0.0560. The Labute approximate surface area is 141 Å². The minimum atomic E-state index is -3.64. The van der Waals surface area contributed by atoms with E-state index < -0.39 is 15.4 Å². The van der Waals surface area contributed by atoms with Crippen LogP contribution in [0.15, 0.2) is 35.4 Å². The third kappa shape index (κ3) is 2.94. The highest BCUT2D eigenvalue weighted by Crippen LogP contribution is 2.38. The fourth-order valence-corrected chi connectivity index (χ4v) is 4.10. The van der Waals surface area contributed by atoms with Crippen LogP contribution in [0.1, 0.15) is 31.5 Å². The molecule has 1 aromatic heterocycles. The quantitative estimate of drug-likeness (QED) is 0.881. The van der Waals surface area contributed by atoms with Crippen LogP contribution in [0, 0.1) is 0 Å². The number of rotatable bonds is 4. The highest BCUT2D eigenvalue weighted by Gasteiger charge is 2.33. The molecule has 0 spiro atoms. The van der Waals surface area contributed by atoms with Gasteiger partial charge in [0.25, 0.3) is 0 Å². The molecule has 1 aromatic carbocycles. The number of aromatic nitrogens is 2. The lowest BCUT2D eigenvalue weighted by Gasteiger charge is -2.32. The normalized spacial score (nSPS) is 16.8. The molecule has 0 radical (unpaired) electrons. The number of aromatic amines is 1. The number of nitrogens with zero attached hydrogens (tertiary/aromatic N) is 2. The lowest BCUT2D eigenvalue weighted by Crippen LogP contribution is -2.33. The van der Waals surface area contributed by atoms with E-state index in [1.807, 2.05) is 13.8 Å². The first-order valence-electron chi connectivity index (χ1n) is 7.59. The van der Waals surface area contributed by atoms with Gasteiger partial charge in [0.1, 0.15) is 0 Å². The van der Waals surface area contributed by atoms with Crippen LogP contribution in [0.5, 0.6) is 0 Å². The summed E-state index contributed by atoms with van der Waals surface area (Å²) in [7, 11) is -2.11. The fraction of sp³-hybridized carbons (Fsp3) is 0.375. The summed E-state index contributed by atoms with van der Waals surface area (Å²) in [6.07, 6.45) is 1.91. The SMILES string of the molecule is CN(Cc1ccn[nH]1)S(=O)(=O)c1ccc2c(c1)C(C)(C)CC(=O)N2. The minimum Gasteiger partial charge on any atom is -0.326 e. The molecule has 0 bridgehead atoms. The molecule has 128 valence electrons. The highest BCUT2D eigenvalue weighted by molar-refractivity contribution is 7.89. The summed E-state index contributed by atoms with van der Waals surface area (Å²) in [5.41, 5.74) is 1.81. The van der Waals surface area contributed by atoms with E-state index >= 15 is 0 Å². The fourth-order valence-electron chi connectivity index (χ4n) is 2.92. The molecule has 2 N–H and O–H groups in total. The number of nitrogens with one attached hydrogen (secondary N) is 2. The van der Waals surface area contributed by atoms with Crippen molar-refractivity contribution in [1.82, 2.24) is 14.5 Å². The monoisotopic (exact) mass is 348 g/mol. The smallest absolute Gasteiger partial charge is 0.243 e. The Kier molecular flexibility index (Phi) is 3.97. The molecule has 1 aliphatic rings. The van der Waals surface area contributed by atoms with Crippen LogP contribution in [0.3, 0.4) is 0 Å². The number of hydrogen-bond donors (Lipinski definition) is 2. The van der Waals surface area contributed by atoms with Crippen LogP contribution >= 0.6 is 0 Å². The molecule has 0 saturated carbocycles. The molecule has 8 heteroatoms. The van der Waals surface area contributed by atoms with Crippen LogP contribution in [-0.2, 0) is 26.8 Å². The number of benzene rings is 1. The number of anilines is 1. The van der Waals surface area contributed by atoms with Gasteiger partial charge in [-0.15, -0.1) is 0 Å². The number of carbonyl (C=O) groups excluding carboxylic acids is 1. The first-order valence-corrected chi connectivity index (χ1v) is 9.03. The van der Waals surface area contributed by atoms with Gasteiger partial charge in [-0.05, 0) is 29.8 Å². The number of hydrogen-bond acceptors (Lipinski definition) is 4. The van der Waals surface area contributed by atoms with Crippen molar-refractivity contribution >= 4 is 21.6 Å². The average Bonchev–Trinajstić information content (AvgIpc) is 2.98. The summed E-state index contributed by atoms with van der Waals surface area (Å²) in [4.78, 5) is 12.0. The number of H-pyrrole nitrogens is 1. The van der Waals surface area contributed by atoms with Gasteiger partial charge < -0.3 is 5.32 Å². The maximum atomic E-state index is 12.8. The van der Waals surface area contributed by atoms with Gasteiger partial charge in [0.15, 0.2) is 0 Å². The number of fused-ring (bicyclic) bond motifs is 1. The van der Waals surface area contributed by atoms with E-state index in [9.17, 15) is 13.2 Å². The van der Waals surface area contributed by atoms with Gasteiger partial charge in [0.05, 0.1) is 17.1 Å². The lowest BCUT2D eigenvalue weighted by atomic mass is 9.78. The molecule has 2 heterocycles. The third-order valence-electron chi connectivity index (χ3n) is 4.26.